The summed E-state index contributed by atoms with van der Waals surface area (Å²) < 4.78 is 0. The van der Waals surface area contributed by atoms with Crippen LogP contribution in [0.5, 0.6) is 0 Å². The summed E-state index contributed by atoms with van der Waals surface area (Å²) in [6.07, 6.45) is 2.93. The Morgan fingerprint density at radius 3 is 2.31 bits per heavy atom. The van der Waals surface area contributed by atoms with Crippen molar-refractivity contribution in [1.82, 2.24) is 0 Å². The molecule has 0 amide bonds. The van der Waals surface area contributed by atoms with Gasteiger partial charge in [0.2, 0.25) is 0 Å². The summed E-state index contributed by atoms with van der Waals surface area (Å²) in [5.41, 5.74) is 0.132. The molecule has 0 aromatic heterocycles. The number of carboxylic acid groups (broad SMARTS) is 2. The molecule has 0 saturated carbocycles. The summed E-state index contributed by atoms with van der Waals surface area (Å²) in [4.78, 5) is 21.0. The molecule has 0 fully saturated rings. The Morgan fingerprint density at radius 2 is 1.88 bits per heavy atom. The lowest BCUT2D eigenvalue weighted by atomic mass is 10.0. The lowest BCUT2D eigenvalue weighted by Crippen LogP contribution is -2.04. The van der Waals surface area contributed by atoms with Gasteiger partial charge in [-0.1, -0.05) is 12.5 Å². The zero-order valence-electron chi connectivity index (χ0n) is 9.35. The van der Waals surface area contributed by atoms with Crippen molar-refractivity contribution in [2.75, 3.05) is 0 Å². The summed E-state index contributed by atoms with van der Waals surface area (Å²) in [5.74, 6) is -2.11. The molecule has 0 aliphatic heterocycles. The molecule has 5 heteroatoms. The van der Waals surface area contributed by atoms with Crippen molar-refractivity contribution >= 4 is 11.9 Å². The third-order valence-electron chi connectivity index (χ3n) is 2.12. The van der Waals surface area contributed by atoms with Crippen LogP contribution in [0.25, 0.3) is 0 Å². The van der Waals surface area contributed by atoms with E-state index in [9.17, 15) is 9.59 Å². The Kier molecular flexibility index (Phi) is 7.20. The van der Waals surface area contributed by atoms with Gasteiger partial charge in [0.25, 0.3) is 0 Å². The van der Waals surface area contributed by atoms with Crippen LogP contribution in [-0.2, 0) is 9.59 Å². The standard InChI is InChI=1S/C11H18O5/c1-8(12)4-2-3-5-9(11(15)16)6-7-10(13)14/h6,8,12H,2-5,7H2,1H3,(H,13,14)(H,15,16)/b9-6-/t8-/m0/s1. The first kappa shape index (κ1) is 14.6. The first-order chi connectivity index (χ1) is 7.43. The monoisotopic (exact) mass is 230 g/mol. The van der Waals surface area contributed by atoms with Crippen molar-refractivity contribution in [3.8, 4) is 0 Å². The highest BCUT2D eigenvalue weighted by atomic mass is 16.4. The number of aliphatic hydroxyl groups excluding tert-OH is 1. The maximum absolute atomic E-state index is 10.7. The summed E-state index contributed by atoms with van der Waals surface area (Å²) in [6.45, 7) is 1.68. The number of hydrogen-bond donors (Lipinski definition) is 3. The van der Waals surface area contributed by atoms with Crippen LogP contribution in [0.3, 0.4) is 0 Å². The van der Waals surface area contributed by atoms with Gasteiger partial charge in [-0.05, 0) is 26.2 Å². The van der Waals surface area contributed by atoms with Crippen molar-refractivity contribution < 1.29 is 24.9 Å². The van der Waals surface area contributed by atoms with Gasteiger partial charge in [-0.2, -0.15) is 0 Å². The molecule has 0 saturated heterocycles. The van der Waals surface area contributed by atoms with Crippen LogP contribution in [0.4, 0.5) is 0 Å². The number of rotatable bonds is 8. The minimum absolute atomic E-state index is 0.132. The number of hydrogen-bond acceptors (Lipinski definition) is 3. The van der Waals surface area contributed by atoms with E-state index in [4.69, 9.17) is 15.3 Å². The van der Waals surface area contributed by atoms with Crippen LogP contribution in [0.1, 0.15) is 39.0 Å². The van der Waals surface area contributed by atoms with Crippen molar-refractivity contribution in [2.45, 2.75) is 45.1 Å². The molecule has 0 heterocycles. The van der Waals surface area contributed by atoms with E-state index in [0.29, 0.717) is 19.3 Å². The molecule has 0 bridgehead atoms. The quantitative estimate of drug-likeness (QED) is 0.433. The van der Waals surface area contributed by atoms with Crippen molar-refractivity contribution in [2.24, 2.45) is 0 Å². The van der Waals surface area contributed by atoms with Gasteiger partial charge < -0.3 is 15.3 Å². The van der Waals surface area contributed by atoms with Gasteiger partial charge in [0.1, 0.15) is 0 Å². The zero-order valence-corrected chi connectivity index (χ0v) is 9.35. The van der Waals surface area contributed by atoms with Crippen LogP contribution < -0.4 is 0 Å². The second kappa shape index (κ2) is 7.87. The summed E-state index contributed by atoms with van der Waals surface area (Å²) in [5, 5.41) is 26.2. The van der Waals surface area contributed by atoms with E-state index >= 15 is 0 Å². The highest BCUT2D eigenvalue weighted by Gasteiger charge is 2.08. The molecule has 0 aromatic rings. The molecule has 0 rings (SSSR count). The molecular weight excluding hydrogens is 212 g/mol. The summed E-state index contributed by atoms with van der Waals surface area (Å²) >= 11 is 0. The normalized spacial score (nSPS) is 13.5. The van der Waals surface area contributed by atoms with E-state index in [1.54, 1.807) is 6.92 Å². The van der Waals surface area contributed by atoms with Gasteiger partial charge in [0.05, 0.1) is 12.5 Å². The summed E-state index contributed by atoms with van der Waals surface area (Å²) in [7, 11) is 0. The third kappa shape index (κ3) is 7.99. The first-order valence-electron chi connectivity index (χ1n) is 5.25. The Hall–Kier alpha value is -1.36. The fourth-order valence-electron chi connectivity index (χ4n) is 1.26. The predicted molar refractivity (Wildman–Crippen MR) is 58.1 cm³/mol. The van der Waals surface area contributed by atoms with Gasteiger partial charge in [0.15, 0.2) is 0 Å². The Morgan fingerprint density at radius 1 is 1.25 bits per heavy atom. The largest absolute Gasteiger partial charge is 0.481 e. The molecule has 16 heavy (non-hydrogen) atoms. The van der Waals surface area contributed by atoms with Crippen molar-refractivity contribution in [3.63, 3.8) is 0 Å². The molecular formula is C11H18O5. The fraction of sp³-hybridized carbons (Fsp3) is 0.636. The van der Waals surface area contributed by atoms with Gasteiger partial charge in [0, 0.05) is 5.57 Å². The van der Waals surface area contributed by atoms with E-state index in [2.05, 4.69) is 0 Å². The maximum atomic E-state index is 10.7. The topological polar surface area (TPSA) is 94.8 Å². The average molecular weight is 230 g/mol. The number of aliphatic carboxylic acids is 2. The highest BCUT2D eigenvalue weighted by Crippen LogP contribution is 2.11. The van der Waals surface area contributed by atoms with Gasteiger partial charge >= 0.3 is 11.9 Å². The third-order valence-corrected chi connectivity index (χ3v) is 2.12. The predicted octanol–water partition coefficient (Wildman–Crippen LogP) is 1.41. The van der Waals surface area contributed by atoms with Gasteiger partial charge in [-0.15, -0.1) is 0 Å². The Bertz CT molecular complexity index is 268. The molecule has 92 valence electrons. The number of aliphatic hydroxyl groups is 1. The molecule has 0 aliphatic rings. The van der Waals surface area contributed by atoms with Crippen molar-refractivity contribution in [1.29, 1.82) is 0 Å². The lowest BCUT2D eigenvalue weighted by Gasteiger charge is -2.04. The van der Waals surface area contributed by atoms with Crippen LogP contribution in [0.15, 0.2) is 11.6 Å². The fourth-order valence-corrected chi connectivity index (χ4v) is 1.26. The Balaban J connectivity index is 4.00. The number of unbranched alkanes of at least 4 members (excludes halogenated alkanes) is 1. The van der Waals surface area contributed by atoms with Crippen LogP contribution in [-0.4, -0.2) is 33.4 Å². The van der Waals surface area contributed by atoms with Crippen LogP contribution >= 0.6 is 0 Å². The Labute approximate surface area is 94.4 Å². The van der Waals surface area contributed by atoms with Gasteiger partial charge in [-0.25, -0.2) is 4.79 Å². The number of carboxylic acids is 2. The SMILES string of the molecule is C[C@H](O)CCCC/C(=C/CC(=O)O)C(=O)O. The molecule has 0 radical (unpaired) electrons. The molecule has 0 unspecified atom stereocenters. The van der Waals surface area contributed by atoms with E-state index in [-0.39, 0.29) is 18.1 Å². The van der Waals surface area contributed by atoms with E-state index in [1.165, 1.54) is 6.08 Å². The van der Waals surface area contributed by atoms with Crippen molar-refractivity contribution in [3.05, 3.63) is 11.6 Å². The molecule has 0 aromatic carbocycles. The summed E-state index contributed by atoms with van der Waals surface area (Å²) in [6, 6.07) is 0. The van der Waals surface area contributed by atoms with Gasteiger partial charge in [-0.3, -0.25) is 4.79 Å². The lowest BCUT2D eigenvalue weighted by molar-refractivity contribution is -0.136. The van der Waals surface area contributed by atoms with Crippen LogP contribution in [0.2, 0.25) is 0 Å². The molecule has 0 aliphatic carbocycles. The van der Waals surface area contributed by atoms with Crippen LogP contribution in [0, 0.1) is 0 Å². The number of carbonyl (C=O) groups is 2. The second-order valence-corrected chi connectivity index (χ2v) is 3.73. The molecule has 3 N–H and O–H groups in total. The highest BCUT2D eigenvalue weighted by molar-refractivity contribution is 5.87. The smallest absolute Gasteiger partial charge is 0.331 e. The van der Waals surface area contributed by atoms with E-state index < -0.39 is 11.9 Å². The maximum Gasteiger partial charge on any atom is 0.331 e. The first-order valence-corrected chi connectivity index (χ1v) is 5.25. The average Bonchev–Trinajstić information content (AvgIpc) is 2.15. The second-order valence-electron chi connectivity index (χ2n) is 3.73. The molecule has 5 nitrogen and oxygen atoms in total. The zero-order chi connectivity index (χ0) is 12.6. The minimum Gasteiger partial charge on any atom is -0.481 e. The molecule has 1 atom stereocenters. The minimum atomic E-state index is -1.07. The molecule has 0 spiro atoms. The van der Waals surface area contributed by atoms with E-state index in [0.717, 1.165) is 6.42 Å². The van der Waals surface area contributed by atoms with E-state index in [1.807, 2.05) is 0 Å².